The third-order valence-corrected chi connectivity index (χ3v) is 1.70. The van der Waals surface area contributed by atoms with E-state index in [-0.39, 0.29) is 17.7 Å². The van der Waals surface area contributed by atoms with Crippen molar-refractivity contribution in [1.29, 1.82) is 10.8 Å². The Labute approximate surface area is 86.5 Å². The van der Waals surface area contributed by atoms with Crippen LogP contribution in [0.3, 0.4) is 0 Å². The van der Waals surface area contributed by atoms with E-state index >= 15 is 0 Å². The predicted molar refractivity (Wildman–Crippen MR) is 57.5 cm³/mol. The van der Waals surface area contributed by atoms with Gasteiger partial charge in [-0.2, -0.15) is 0 Å². The minimum atomic E-state index is -0.351. The molecule has 0 unspecified atom stereocenters. The molecule has 0 bridgehead atoms. The first kappa shape index (κ1) is 11.0. The van der Waals surface area contributed by atoms with Crippen LogP contribution in [0, 0.1) is 23.6 Å². The summed E-state index contributed by atoms with van der Waals surface area (Å²) in [7, 11) is 0. The average molecular weight is 209 g/mol. The summed E-state index contributed by atoms with van der Waals surface area (Å²) < 4.78 is 13.1. The van der Waals surface area contributed by atoms with Crippen molar-refractivity contribution in [2.45, 2.75) is 6.92 Å². The number of anilines is 1. The molecule has 15 heavy (non-hydrogen) atoms. The number of hydrogen-bond donors (Lipinski definition) is 5. The Kier molecular flexibility index (Phi) is 3.22. The van der Waals surface area contributed by atoms with Crippen molar-refractivity contribution in [1.82, 2.24) is 5.32 Å². The molecule has 0 radical (unpaired) electrons. The van der Waals surface area contributed by atoms with E-state index in [0.717, 1.165) is 0 Å². The minimum Gasteiger partial charge on any atom is -0.370 e. The fourth-order valence-electron chi connectivity index (χ4n) is 0.981. The van der Waals surface area contributed by atoms with Gasteiger partial charge in [-0.25, -0.2) is 4.39 Å². The third-order valence-electron chi connectivity index (χ3n) is 1.70. The van der Waals surface area contributed by atoms with Gasteiger partial charge in [-0.05, 0) is 24.6 Å². The highest BCUT2D eigenvalue weighted by Gasteiger charge is 2.01. The van der Waals surface area contributed by atoms with Gasteiger partial charge in [0.1, 0.15) is 5.82 Å². The Hall–Kier alpha value is -2.11. The lowest BCUT2D eigenvalue weighted by atomic mass is 10.2. The smallest absolute Gasteiger partial charge is 0.199 e. The SMILES string of the molecule is Cc1ccc(NC(=N)NC(=N)N)cc1F. The van der Waals surface area contributed by atoms with Gasteiger partial charge in [0.05, 0.1) is 0 Å². The molecule has 0 saturated heterocycles. The van der Waals surface area contributed by atoms with Gasteiger partial charge in [0, 0.05) is 5.69 Å². The first-order valence-corrected chi connectivity index (χ1v) is 4.22. The molecule has 0 aliphatic heterocycles. The van der Waals surface area contributed by atoms with Gasteiger partial charge in [-0.3, -0.25) is 16.1 Å². The van der Waals surface area contributed by atoms with Crippen molar-refractivity contribution in [2.24, 2.45) is 5.73 Å². The molecule has 1 rings (SSSR count). The number of aryl methyl sites for hydroxylation is 1. The van der Waals surface area contributed by atoms with Crippen molar-refractivity contribution in [3.05, 3.63) is 29.6 Å². The van der Waals surface area contributed by atoms with E-state index in [1.54, 1.807) is 19.1 Å². The summed E-state index contributed by atoms with van der Waals surface area (Å²) in [5, 5.41) is 19.0. The fourth-order valence-corrected chi connectivity index (χ4v) is 0.981. The van der Waals surface area contributed by atoms with Gasteiger partial charge >= 0.3 is 0 Å². The van der Waals surface area contributed by atoms with Gasteiger partial charge in [-0.15, -0.1) is 0 Å². The summed E-state index contributed by atoms with van der Waals surface area (Å²) in [6.45, 7) is 1.65. The lowest BCUT2D eigenvalue weighted by Crippen LogP contribution is -2.39. The van der Waals surface area contributed by atoms with Crippen LogP contribution in [0.4, 0.5) is 10.1 Å². The number of halogens is 1. The maximum Gasteiger partial charge on any atom is 0.199 e. The molecule has 0 aliphatic rings. The summed E-state index contributed by atoms with van der Waals surface area (Å²) in [5.74, 6) is -0.874. The van der Waals surface area contributed by atoms with Gasteiger partial charge in [0.25, 0.3) is 0 Å². The number of rotatable bonds is 1. The van der Waals surface area contributed by atoms with Gasteiger partial charge < -0.3 is 11.1 Å². The molecule has 0 amide bonds. The Bertz CT molecular complexity index is 401. The molecular formula is C9H12FN5. The first-order chi connectivity index (χ1) is 6.99. The summed E-state index contributed by atoms with van der Waals surface area (Å²) in [6.07, 6.45) is 0. The van der Waals surface area contributed by atoms with Gasteiger partial charge in [0.2, 0.25) is 0 Å². The number of benzene rings is 1. The standard InChI is InChI=1S/C9H12FN5/c1-5-2-3-6(4-7(5)10)14-9(13)15-8(11)12/h2-4H,1H3,(H6,11,12,13,14,15). The van der Waals surface area contributed by atoms with Crippen LogP contribution in [0.1, 0.15) is 5.56 Å². The summed E-state index contributed by atoms with van der Waals surface area (Å²) >= 11 is 0. The molecular weight excluding hydrogens is 197 g/mol. The zero-order valence-electron chi connectivity index (χ0n) is 8.19. The highest BCUT2D eigenvalue weighted by Crippen LogP contribution is 2.12. The van der Waals surface area contributed by atoms with Crippen LogP contribution < -0.4 is 16.4 Å². The molecule has 0 aliphatic carbocycles. The molecule has 0 saturated carbocycles. The second-order valence-electron chi connectivity index (χ2n) is 3.00. The zero-order valence-corrected chi connectivity index (χ0v) is 8.19. The van der Waals surface area contributed by atoms with Crippen molar-refractivity contribution in [3.8, 4) is 0 Å². The number of hydrogen-bond acceptors (Lipinski definition) is 2. The largest absolute Gasteiger partial charge is 0.370 e. The topological polar surface area (TPSA) is 97.8 Å². The first-order valence-electron chi connectivity index (χ1n) is 4.22. The molecule has 80 valence electrons. The van der Waals surface area contributed by atoms with Gasteiger partial charge in [-0.1, -0.05) is 6.07 Å². The zero-order chi connectivity index (χ0) is 11.4. The quantitative estimate of drug-likeness (QED) is 0.352. The average Bonchev–Trinajstić information content (AvgIpc) is 2.10. The Morgan fingerprint density at radius 1 is 1.40 bits per heavy atom. The lowest BCUT2D eigenvalue weighted by molar-refractivity contribution is 0.619. The van der Waals surface area contributed by atoms with Gasteiger partial charge in [0.15, 0.2) is 11.9 Å². The van der Waals surface area contributed by atoms with E-state index in [1.807, 2.05) is 0 Å². The summed E-state index contributed by atoms with van der Waals surface area (Å²) in [5.41, 5.74) is 5.98. The van der Waals surface area contributed by atoms with Crippen LogP contribution in [-0.2, 0) is 0 Å². The molecule has 0 aromatic heterocycles. The van der Waals surface area contributed by atoms with Crippen LogP contribution in [0.5, 0.6) is 0 Å². The molecule has 5 nitrogen and oxygen atoms in total. The van der Waals surface area contributed by atoms with Crippen molar-refractivity contribution in [3.63, 3.8) is 0 Å². The van der Waals surface area contributed by atoms with Crippen molar-refractivity contribution < 1.29 is 4.39 Å². The summed E-state index contributed by atoms with van der Waals surface area (Å²) in [6, 6.07) is 4.50. The van der Waals surface area contributed by atoms with Crippen LogP contribution >= 0.6 is 0 Å². The number of nitrogens with one attached hydrogen (secondary N) is 4. The highest BCUT2D eigenvalue weighted by molar-refractivity contribution is 6.02. The second-order valence-corrected chi connectivity index (χ2v) is 3.00. The molecule has 0 atom stereocenters. The van der Waals surface area contributed by atoms with E-state index in [4.69, 9.17) is 16.6 Å². The van der Waals surface area contributed by atoms with E-state index < -0.39 is 0 Å². The normalized spacial score (nSPS) is 9.47. The van der Waals surface area contributed by atoms with Crippen LogP contribution in [0.15, 0.2) is 18.2 Å². The van der Waals surface area contributed by atoms with E-state index in [1.165, 1.54) is 6.07 Å². The van der Waals surface area contributed by atoms with Crippen LogP contribution in [-0.4, -0.2) is 11.9 Å². The molecule has 0 heterocycles. The van der Waals surface area contributed by atoms with E-state index in [0.29, 0.717) is 11.3 Å². The van der Waals surface area contributed by atoms with Crippen LogP contribution in [0.25, 0.3) is 0 Å². The Morgan fingerprint density at radius 2 is 2.07 bits per heavy atom. The maximum atomic E-state index is 13.1. The molecule has 6 heteroatoms. The number of guanidine groups is 2. The van der Waals surface area contributed by atoms with Crippen molar-refractivity contribution in [2.75, 3.05) is 5.32 Å². The number of nitrogens with two attached hydrogens (primary N) is 1. The Balaban J connectivity index is 2.69. The highest BCUT2D eigenvalue weighted by atomic mass is 19.1. The molecule has 6 N–H and O–H groups in total. The molecule has 1 aromatic carbocycles. The molecule has 0 spiro atoms. The predicted octanol–water partition coefficient (Wildman–Crippen LogP) is 0.964. The molecule has 0 fully saturated rings. The maximum absolute atomic E-state index is 13.1. The van der Waals surface area contributed by atoms with E-state index in [2.05, 4.69) is 10.6 Å². The second kappa shape index (κ2) is 4.41. The Morgan fingerprint density at radius 3 is 2.60 bits per heavy atom. The minimum absolute atomic E-state index is 0.175. The monoisotopic (exact) mass is 209 g/mol. The molecule has 1 aromatic rings. The van der Waals surface area contributed by atoms with Crippen LogP contribution in [0.2, 0.25) is 0 Å². The fraction of sp³-hybridized carbons (Fsp3) is 0.111. The lowest BCUT2D eigenvalue weighted by Gasteiger charge is -2.09. The third kappa shape index (κ3) is 3.26. The van der Waals surface area contributed by atoms with Crippen molar-refractivity contribution >= 4 is 17.6 Å². The van der Waals surface area contributed by atoms with E-state index in [9.17, 15) is 4.39 Å². The summed E-state index contributed by atoms with van der Waals surface area (Å²) in [4.78, 5) is 0.